The Labute approximate surface area is 146 Å². The number of hydrogen-bond acceptors (Lipinski definition) is 2. The second-order valence-electron chi connectivity index (χ2n) is 6.53. The molecule has 2 aromatic carbocycles. The van der Waals surface area contributed by atoms with Gasteiger partial charge in [-0.25, -0.2) is 0 Å². The van der Waals surface area contributed by atoms with E-state index in [-0.39, 0.29) is 11.5 Å². The number of ether oxygens (including phenoxy) is 1. The molecular weight excluding hydrogens is 312 g/mol. The van der Waals surface area contributed by atoms with Gasteiger partial charge in [-0.1, -0.05) is 85.0 Å². The summed E-state index contributed by atoms with van der Waals surface area (Å²) >= 11 is 0. The van der Waals surface area contributed by atoms with Gasteiger partial charge >= 0.3 is 5.97 Å². The van der Waals surface area contributed by atoms with Crippen LogP contribution in [0, 0.1) is 0 Å². The first-order valence-corrected chi connectivity index (χ1v) is 11.5. The molecule has 0 aliphatic carbocycles. The number of allylic oxidation sites excluding steroid dienone is 1. The monoisotopic (exact) mass is 338 g/mol. The van der Waals surface area contributed by atoms with Gasteiger partial charge < -0.3 is 4.74 Å². The molecule has 0 radical (unpaired) electrons. The highest BCUT2D eigenvalue weighted by atomic mass is 28.3. The van der Waals surface area contributed by atoms with E-state index in [1.165, 1.54) is 5.19 Å². The normalized spacial score (nSPS) is 13.4. The number of esters is 1. The van der Waals surface area contributed by atoms with Gasteiger partial charge in [0.25, 0.3) is 0 Å². The van der Waals surface area contributed by atoms with Crippen LogP contribution in [0.2, 0.25) is 18.6 Å². The van der Waals surface area contributed by atoms with E-state index in [0.717, 1.165) is 11.1 Å². The molecule has 0 saturated carbocycles. The lowest BCUT2D eigenvalue weighted by Gasteiger charge is -2.30. The van der Waals surface area contributed by atoms with Crippen molar-refractivity contribution in [3.63, 3.8) is 0 Å². The standard InChI is InChI=1S/C21H26O2Si/c1-5-23-21(22)20(16-17(2)18-12-8-6-9-13-18)24(3,4)19-14-10-7-11-15-19/h6-16,20H,5H2,1-4H3/b17-16+/t20-/m0/s1. The molecule has 0 aliphatic rings. The third-order valence-electron chi connectivity index (χ3n) is 4.48. The molecule has 0 saturated heterocycles. The minimum absolute atomic E-state index is 0.117. The summed E-state index contributed by atoms with van der Waals surface area (Å²) in [5, 5.41) is 1.26. The van der Waals surface area contributed by atoms with Gasteiger partial charge in [-0.05, 0) is 25.0 Å². The summed E-state index contributed by atoms with van der Waals surface area (Å²) in [4.78, 5) is 12.7. The van der Waals surface area contributed by atoms with E-state index in [1.807, 2.05) is 43.3 Å². The van der Waals surface area contributed by atoms with Gasteiger partial charge in [0.2, 0.25) is 0 Å². The highest BCUT2D eigenvalue weighted by Gasteiger charge is 2.38. The summed E-state index contributed by atoms with van der Waals surface area (Å²) in [5.41, 5.74) is 2.05. The van der Waals surface area contributed by atoms with E-state index in [2.05, 4.69) is 50.4 Å². The molecular formula is C21H26O2Si. The van der Waals surface area contributed by atoms with Crippen molar-refractivity contribution in [3.05, 3.63) is 72.3 Å². The van der Waals surface area contributed by atoms with Gasteiger partial charge in [-0.15, -0.1) is 0 Å². The van der Waals surface area contributed by atoms with Gasteiger partial charge in [-0.2, -0.15) is 0 Å². The Morgan fingerprint density at radius 3 is 2.12 bits per heavy atom. The fourth-order valence-electron chi connectivity index (χ4n) is 2.90. The van der Waals surface area contributed by atoms with Crippen molar-refractivity contribution >= 4 is 24.8 Å². The third-order valence-corrected chi connectivity index (χ3v) is 8.26. The molecule has 2 nitrogen and oxygen atoms in total. The zero-order valence-electron chi connectivity index (χ0n) is 15.0. The average Bonchev–Trinajstić information content (AvgIpc) is 2.61. The third kappa shape index (κ3) is 4.23. The molecule has 0 unspecified atom stereocenters. The van der Waals surface area contributed by atoms with E-state index in [1.54, 1.807) is 0 Å². The Kier molecular flexibility index (Phi) is 6.15. The van der Waals surface area contributed by atoms with Crippen molar-refractivity contribution in [2.45, 2.75) is 32.5 Å². The van der Waals surface area contributed by atoms with Crippen LogP contribution in [0.1, 0.15) is 19.4 Å². The first-order valence-electron chi connectivity index (χ1n) is 8.42. The van der Waals surface area contributed by atoms with Crippen LogP contribution >= 0.6 is 0 Å². The van der Waals surface area contributed by atoms with Gasteiger partial charge in [0.05, 0.1) is 12.1 Å². The fraction of sp³-hybridized carbons (Fsp3) is 0.286. The second kappa shape index (κ2) is 8.11. The van der Waals surface area contributed by atoms with Crippen molar-refractivity contribution in [2.24, 2.45) is 0 Å². The first kappa shape index (κ1) is 18.2. The molecule has 2 rings (SSSR count). The Hall–Kier alpha value is -2.13. The summed E-state index contributed by atoms with van der Waals surface area (Å²) in [5.74, 6) is -0.117. The van der Waals surface area contributed by atoms with Crippen molar-refractivity contribution in [1.82, 2.24) is 0 Å². The summed E-state index contributed by atoms with van der Waals surface area (Å²) < 4.78 is 5.40. The second-order valence-corrected chi connectivity index (χ2v) is 11.2. The fourth-order valence-corrected chi connectivity index (χ4v) is 5.65. The van der Waals surface area contributed by atoms with Gasteiger partial charge in [-0.3, -0.25) is 4.79 Å². The van der Waals surface area contributed by atoms with E-state index in [4.69, 9.17) is 4.74 Å². The van der Waals surface area contributed by atoms with E-state index >= 15 is 0 Å². The van der Waals surface area contributed by atoms with Crippen molar-refractivity contribution in [1.29, 1.82) is 0 Å². The zero-order chi connectivity index (χ0) is 17.6. The van der Waals surface area contributed by atoms with Crippen molar-refractivity contribution < 1.29 is 9.53 Å². The zero-order valence-corrected chi connectivity index (χ0v) is 16.0. The Balaban J connectivity index is 2.44. The predicted molar refractivity (Wildman–Crippen MR) is 104 cm³/mol. The van der Waals surface area contributed by atoms with Crippen LogP contribution in [0.4, 0.5) is 0 Å². The molecule has 126 valence electrons. The molecule has 0 fully saturated rings. The molecule has 1 atom stereocenters. The molecule has 0 heterocycles. The number of carbonyl (C=O) groups excluding carboxylic acids is 1. The lowest BCUT2D eigenvalue weighted by Crippen LogP contribution is -2.48. The highest BCUT2D eigenvalue weighted by Crippen LogP contribution is 2.29. The van der Waals surface area contributed by atoms with Crippen LogP contribution in [0.3, 0.4) is 0 Å². The Morgan fingerprint density at radius 2 is 1.58 bits per heavy atom. The molecule has 0 aromatic heterocycles. The van der Waals surface area contributed by atoms with E-state index in [0.29, 0.717) is 6.61 Å². The lowest BCUT2D eigenvalue weighted by molar-refractivity contribution is -0.142. The Bertz CT molecular complexity index is 690. The molecule has 2 aromatic rings. The smallest absolute Gasteiger partial charge is 0.310 e. The first-order chi connectivity index (χ1) is 11.5. The maximum Gasteiger partial charge on any atom is 0.310 e. The maximum absolute atomic E-state index is 12.7. The van der Waals surface area contributed by atoms with E-state index in [9.17, 15) is 4.79 Å². The van der Waals surface area contributed by atoms with Gasteiger partial charge in [0.1, 0.15) is 8.07 Å². The highest BCUT2D eigenvalue weighted by molar-refractivity contribution is 6.93. The summed E-state index contributed by atoms with van der Waals surface area (Å²) in [6, 6.07) is 20.5. The molecule has 0 bridgehead atoms. The number of carbonyl (C=O) groups is 1. The SMILES string of the molecule is CCOC(=O)[C@H](/C=C(\C)c1ccccc1)[Si](C)(C)c1ccccc1. The molecule has 0 aliphatic heterocycles. The summed E-state index contributed by atoms with van der Waals surface area (Å²) in [6.07, 6.45) is 2.10. The predicted octanol–water partition coefficient (Wildman–Crippen LogP) is 4.64. The summed E-state index contributed by atoms with van der Waals surface area (Å²) in [6.45, 7) is 8.81. The van der Waals surface area contributed by atoms with Crippen LogP contribution in [-0.4, -0.2) is 20.7 Å². The lowest BCUT2D eigenvalue weighted by atomic mass is 10.1. The maximum atomic E-state index is 12.7. The minimum atomic E-state index is -2.06. The van der Waals surface area contributed by atoms with Crippen molar-refractivity contribution in [2.75, 3.05) is 6.61 Å². The number of benzene rings is 2. The van der Waals surface area contributed by atoms with Gasteiger partial charge in [0, 0.05) is 0 Å². The quantitative estimate of drug-likeness (QED) is 0.566. The Morgan fingerprint density at radius 1 is 1.04 bits per heavy atom. The number of rotatable bonds is 6. The van der Waals surface area contributed by atoms with Crippen molar-refractivity contribution in [3.8, 4) is 0 Å². The molecule has 3 heteroatoms. The molecule has 0 amide bonds. The van der Waals surface area contributed by atoms with Gasteiger partial charge in [0.15, 0.2) is 0 Å². The van der Waals surface area contributed by atoms with Crippen LogP contribution in [0.25, 0.3) is 5.57 Å². The van der Waals surface area contributed by atoms with Crippen LogP contribution in [0.5, 0.6) is 0 Å². The number of hydrogen-bond donors (Lipinski definition) is 0. The van der Waals surface area contributed by atoms with Crippen LogP contribution < -0.4 is 5.19 Å². The average molecular weight is 339 g/mol. The van der Waals surface area contributed by atoms with Crippen LogP contribution in [0.15, 0.2) is 66.7 Å². The minimum Gasteiger partial charge on any atom is -0.466 e. The topological polar surface area (TPSA) is 26.3 Å². The van der Waals surface area contributed by atoms with E-state index < -0.39 is 8.07 Å². The van der Waals surface area contributed by atoms with Crippen LogP contribution in [-0.2, 0) is 9.53 Å². The summed E-state index contributed by atoms with van der Waals surface area (Å²) in [7, 11) is -2.06. The molecule has 0 N–H and O–H groups in total. The molecule has 24 heavy (non-hydrogen) atoms. The molecule has 0 spiro atoms. The largest absolute Gasteiger partial charge is 0.466 e.